The Hall–Kier alpha value is -3.47. The molecule has 268 valence electrons. The Bertz CT molecular complexity index is 1440. The Kier molecular flexibility index (Phi) is 12.0. The standard InChI is InChI=1S/C39H56N4O6/c1-6-7-18-43-36(46)33(34(44)29-14-21-49-22-15-29)41-37(47)39(43)16-19-42(20-17-39)25-28-10-8-27(9-11-28)23-30-12-13-31(24-32(30)48-5)35(45)40-26-38(2,3)4/h8-13,24,29,33-34,44H,6-7,14-23,25-26H2,1-5H3,(H,40,45)(H,41,47)/t33-,34?/m1/s1. The first-order chi connectivity index (χ1) is 23.4. The number of amides is 3. The molecule has 0 bridgehead atoms. The van der Waals surface area contributed by atoms with Crippen molar-refractivity contribution < 1.29 is 29.0 Å². The van der Waals surface area contributed by atoms with Crippen LogP contribution in [-0.4, -0.2) is 96.8 Å². The highest BCUT2D eigenvalue weighted by atomic mass is 16.5. The summed E-state index contributed by atoms with van der Waals surface area (Å²) in [6.07, 6.45) is 4.03. The zero-order valence-electron chi connectivity index (χ0n) is 30.1. The third-order valence-corrected chi connectivity index (χ3v) is 10.4. The van der Waals surface area contributed by atoms with Gasteiger partial charge in [0.15, 0.2) is 0 Å². The molecule has 3 saturated heterocycles. The van der Waals surface area contributed by atoms with Crippen LogP contribution in [0.2, 0.25) is 0 Å². The number of hydrogen-bond donors (Lipinski definition) is 3. The molecular formula is C39H56N4O6. The Morgan fingerprint density at radius 3 is 2.39 bits per heavy atom. The molecule has 10 nitrogen and oxygen atoms in total. The number of aliphatic hydroxyl groups excluding tert-OH is 1. The number of piperazine rings is 1. The van der Waals surface area contributed by atoms with Crippen molar-refractivity contribution in [3.05, 3.63) is 64.7 Å². The summed E-state index contributed by atoms with van der Waals surface area (Å²) in [5.41, 5.74) is 3.05. The van der Waals surface area contributed by atoms with Gasteiger partial charge in [-0.2, -0.15) is 0 Å². The van der Waals surface area contributed by atoms with E-state index in [1.807, 2.05) is 23.1 Å². The molecule has 0 radical (unpaired) electrons. The molecule has 2 aromatic rings. The summed E-state index contributed by atoms with van der Waals surface area (Å²) in [6, 6.07) is 13.3. The van der Waals surface area contributed by atoms with Gasteiger partial charge in [0.25, 0.3) is 5.91 Å². The Morgan fingerprint density at radius 1 is 1.08 bits per heavy atom. The number of nitrogens with zero attached hydrogens (tertiary/aromatic N) is 2. The molecule has 10 heteroatoms. The van der Waals surface area contributed by atoms with Gasteiger partial charge >= 0.3 is 0 Å². The van der Waals surface area contributed by atoms with Crippen molar-refractivity contribution in [2.24, 2.45) is 11.3 Å². The number of nitrogens with one attached hydrogen (secondary N) is 2. The summed E-state index contributed by atoms with van der Waals surface area (Å²) in [5, 5.41) is 17.2. The monoisotopic (exact) mass is 676 g/mol. The predicted octanol–water partition coefficient (Wildman–Crippen LogP) is 4.31. The third-order valence-electron chi connectivity index (χ3n) is 10.4. The summed E-state index contributed by atoms with van der Waals surface area (Å²) in [6.45, 7) is 12.8. The number of ether oxygens (including phenoxy) is 2. The maximum Gasteiger partial charge on any atom is 0.251 e. The molecule has 3 aliphatic rings. The van der Waals surface area contributed by atoms with Crippen molar-refractivity contribution in [3.8, 4) is 5.75 Å². The van der Waals surface area contributed by atoms with E-state index in [4.69, 9.17) is 9.47 Å². The number of rotatable bonds is 12. The van der Waals surface area contributed by atoms with Gasteiger partial charge in [-0.3, -0.25) is 19.3 Å². The van der Waals surface area contributed by atoms with Crippen molar-refractivity contribution in [2.45, 2.75) is 96.9 Å². The number of unbranched alkanes of at least 4 members (excludes halogenated alkanes) is 1. The summed E-state index contributed by atoms with van der Waals surface area (Å²) in [5.74, 6) is 0.254. The zero-order valence-corrected chi connectivity index (χ0v) is 30.1. The van der Waals surface area contributed by atoms with Gasteiger partial charge < -0.3 is 30.1 Å². The first-order valence-corrected chi connectivity index (χ1v) is 18.1. The van der Waals surface area contributed by atoms with Gasteiger partial charge in [0, 0.05) is 57.9 Å². The van der Waals surface area contributed by atoms with Crippen LogP contribution < -0.4 is 15.4 Å². The van der Waals surface area contributed by atoms with Crippen molar-refractivity contribution in [2.75, 3.05) is 46.5 Å². The quantitative estimate of drug-likeness (QED) is 0.307. The van der Waals surface area contributed by atoms with E-state index in [2.05, 4.69) is 67.5 Å². The van der Waals surface area contributed by atoms with Crippen LogP contribution in [0, 0.1) is 11.3 Å². The van der Waals surface area contributed by atoms with E-state index in [1.54, 1.807) is 7.11 Å². The van der Waals surface area contributed by atoms with Crippen LogP contribution in [0.4, 0.5) is 0 Å². The lowest BCUT2D eigenvalue weighted by molar-refractivity contribution is -0.166. The number of carbonyl (C=O) groups excluding carboxylic acids is 3. The van der Waals surface area contributed by atoms with Crippen molar-refractivity contribution >= 4 is 17.7 Å². The summed E-state index contributed by atoms with van der Waals surface area (Å²) < 4.78 is 11.1. The number of hydrogen-bond acceptors (Lipinski definition) is 7. The molecule has 49 heavy (non-hydrogen) atoms. The summed E-state index contributed by atoms with van der Waals surface area (Å²) >= 11 is 0. The first-order valence-electron chi connectivity index (χ1n) is 18.1. The number of carbonyl (C=O) groups is 3. The van der Waals surface area contributed by atoms with Gasteiger partial charge in [-0.15, -0.1) is 0 Å². The smallest absolute Gasteiger partial charge is 0.251 e. The van der Waals surface area contributed by atoms with Gasteiger partial charge in [-0.05, 0) is 72.3 Å². The fraction of sp³-hybridized carbons (Fsp3) is 0.615. The van der Waals surface area contributed by atoms with Gasteiger partial charge in [-0.25, -0.2) is 0 Å². The van der Waals surface area contributed by atoms with Gasteiger partial charge in [0.2, 0.25) is 11.8 Å². The van der Waals surface area contributed by atoms with Crippen LogP contribution in [0.1, 0.15) is 93.3 Å². The minimum Gasteiger partial charge on any atom is -0.496 e. The topological polar surface area (TPSA) is 120 Å². The van der Waals surface area contributed by atoms with E-state index in [1.165, 1.54) is 5.56 Å². The molecule has 3 amide bonds. The van der Waals surface area contributed by atoms with Gasteiger partial charge in [0.05, 0.1) is 13.2 Å². The number of methoxy groups -OCH3 is 1. The van der Waals surface area contributed by atoms with Crippen LogP contribution >= 0.6 is 0 Å². The molecule has 0 saturated carbocycles. The Labute approximate surface area is 291 Å². The third kappa shape index (κ3) is 8.83. The number of benzene rings is 2. The highest BCUT2D eigenvalue weighted by molar-refractivity contribution is 6.00. The molecule has 3 N–H and O–H groups in total. The van der Waals surface area contributed by atoms with E-state index >= 15 is 0 Å². The van der Waals surface area contributed by atoms with E-state index in [0.29, 0.717) is 82.8 Å². The molecule has 5 rings (SSSR count). The molecule has 1 spiro atoms. The maximum atomic E-state index is 13.9. The largest absolute Gasteiger partial charge is 0.496 e. The lowest BCUT2D eigenvalue weighted by Crippen LogP contribution is -2.75. The molecule has 3 heterocycles. The van der Waals surface area contributed by atoms with Crippen molar-refractivity contribution in [1.29, 1.82) is 0 Å². The lowest BCUT2D eigenvalue weighted by Gasteiger charge is -2.52. The second-order valence-corrected chi connectivity index (χ2v) is 15.3. The second-order valence-electron chi connectivity index (χ2n) is 15.3. The molecular weight excluding hydrogens is 620 g/mol. The fourth-order valence-corrected chi connectivity index (χ4v) is 7.34. The molecule has 0 aliphatic carbocycles. The van der Waals surface area contributed by atoms with Gasteiger partial charge in [-0.1, -0.05) is 64.4 Å². The average molecular weight is 677 g/mol. The average Bonchev–Trinajstić information content (AvgIpc) is 3.10. The maximum absolute atomic E-state index is 13.9. The highest BCUT2D eigenvalue weighted by Crippen LogP contribution is 2.36. The van der Waals surface area contributed by atoms with Gasteiger partial charge in [0.1, 0.15) is 17.3 Å². The first kappa shape index (κ1) is 36.8. The van der Waals surface area contributed by atoms with Crippen LogP contribution in [0.3, 0.4) is 0 Å². The van der Waals surface area contributed by atoms with Crippen LogP contribution in [-0.2, 0) is 27.3 Å². The predicted molar refractivity (Wildman–Crippen MR) is 189 cm³/mol. The van der Waals surface area contributed by atoms with Crippen molar-refractivity contribution in [3.63, 3.8) is 0 Å². The SMILES string of the molecule is CCCCN1C(=O)[C@@H](C(O)C2CCOCC2)NC(=O)C12CCN(Cc1ccc(Cc3ccc(C(=O)NCC(C)(C)C)cc3OC)cc1)CC2. The summed E-state index contributed by atoms with van der Waals surface area (Å²) in [7, 11) is 1.63. The van der Waals surface area contributed by atoms with E-state index in [0.717, 1.165) is 30.5 Å². The van der Waals surface area contributed by atoms with Crippen molar-refractivity contribution in [1.82, 2.24) is 20.4 Å². The van der Waals surface area contributed by atoms with Crippen LogP contribution in [0.5, 0.6) is 5.75 Å². The van der Waals surface area contributed by atoms with Crippen LogP contribution in [0.15, 0.2) is 42.5 Å². The molecule has 2 aromatic carbocycles. The molecule has 3 fully saturated rings. The van der Waals surface area contributed by atoms with Crippen LogP contribution in [0.25, 0.3) is 0 Å². The fourth-order valence-electron chi connectivity index (χ4n) is 7.34. The number of aliphatic hydroxyl groups is 1. The Balaban J connectivity index is 1.18. The normalized spacial score (nSPS) is 21.0. The molecule has 2 atom stereocenters. The second kappa shape index (κ2) is 16.0. The van der Waals surface area contributed by atoms with E-state index in [9.17, 15) is 19.5 Å². The number of piperidine rings is 1. The molecule has 0 aromatic heterocycles. The summed E-state index contributed by atoms with van der Waals surface area (Å²) in [4.78, 5) is 44.6. The molecule has 3 aliphatic heterocycles. The number of likely N-dealkylation sites (tertiary alicyclic amines) is 1. The lowest BCUT2D eigenvalue weighted by atomic mass is 9.79. The minimum absolute atomic E-state index is 0.00374. The zero-order chi connectivity index (χ0) is 35.2. The van der Waals surface area contributed by atoms with E-state index in [-0.39, 0.29) is 29.1 Å². The molecule has 1 unspecified atom stereocenters. The highest BCUT2D eigenvalue weighted by Gasteiger charge is 2.55. The Morgan fingerprint density at radius 2 is 1.76 bits per heavy atom. The van der Waals surface area contributed by atoms with E-state index < -0.39 is 17.7 Å². The minimum atomic E-state index is -0.907.